The molecule has 0 aliphatic rings. The van der Waals surface area contributed by atoms with Gasteiger partial charge in [0.05, 0.1) is 0 Å². The van der Waals surface area contributed by atoms with E-state index in [0.717, 1.165) is 16.8 Å². The van der Waals surface area contributed by atoms with E-state index in [4.69, 9.17) is 4.84 Å². The zero-order valence-corrected chi connectivity index (χ0v) is 11.4. The Morgan fingerprint density at radius 2 is 1.25 bits per heavy atom. The van der Waals surface area contributed by atoms with Crippen LogP contribution in [0.4, 0.5) is 0 Å². The maximum absolute atomic E-state index is 4.87. The molecule has 100 valence electrons. The van der Waals surface area contributed by atoms with Crippen LogP contribution < -0.4 is 0 Å². The zero-order valence-electron chi connectivity index (χ0n) is 11.4. The van der Waals surface area contributed by atoms with Gasteiger partial charge in [0.25, 0.3) is 0 Å². The zero-order chi connectivity index (χ0) is 14.0. The SMILES string of the molecule is CON=C(C=Cc1ccccc1)C=Cc1ccccc1. The molecule has 2 rings (SSSR count). The molecule has 0 N–H and O–H groups in total. The van der Waals surface area contributed by atoms with E-state index in [2.05, 4.69) is 5.16 Å². The van der Waals surface area contributed by atoms with Gasteiger partial charge in [-0.3, -0.25) is 0 Å². The lowest BCUT2D eigenvalue weighted by atomic mass is 10.1. The monoisotopic (exact) mass is 263 g/mol. The van der Waals surface area contributed by atoms with E-state index in [1.165, 1.54) is 0 Å². The van der Waals surface area contributed by atoms with Crippen LogP contribution in [0.1, 0.15) is 11.1 Å². The molecule has 0 spiro atoms. The maximum Gasteiger partial charge on any atom is 0.106 e. The average Bonchev–Trinajstić information content (AvgIpc) is 2.52. The Morgan fingerprint density at radius 1 is 0.800 bits per heavy atom. The largest absolute Gasteiger partial charge is 0.399 e. The summed E-state index contributed by atoms with van der Waals surface area (Å²) in [6.45, 7) is 0. The normalized spacial score (nSPS) is 10.8. The molecule has 0 saturated heterocycles. The molecule has 0 aromatic heterocycles. The van der Waals surface area contributed by atoms with E-state index < -0.39 is 0 Å². The van der Waals surface area contributed by atoms with Gasteiger partial charge in [0.2, 0.25) is 0 Å². The first-order chi connectivity index (χ1) is 9.88. The number of hydrogen-bond donors (Lipinski definition) is 0. The fraction of sp³-hybridized carbons (Fsp3) is 0.0556. The van der Waals surface area contributed by atoms with Crippen LogP contribution in [-0.2, 0) is 4.84 Å². The highest BCUT2D eigenvalue weighted by molar-refractivity contribution is 6.08. The molecule has 0 radical (unpaired) electrons. The van der Waals surface area contributed by atoms with E-state index in [9.17, 15) is 0 Å². The standard InChI is InChI=1S/C18H17NO/c1-20-19-18(14-12-16-8-4-2-5-9-16)15-13-17-10-6-3-7-11-17/h2-15H,1H3. The van der Waals surface area contributed by atoms with Gasteiger partial charge in [0.15, 0.2) is 0 Å². The van der Waals surface area contributed by atoms with E-state index in [0.29, 0.717) is 0 Å². The highest BCUT2D eigenvalue weighted by Gasteiger charge is 1.91. The lowest BCUT2D eigenvalue weighted by molar-refractivity contribution is 0.214. The summed E-state index contributed by atoms with van der Waals surface area (Å²) in [4.78, 5) is 4.87. The Morgan fingerprint density at radius 3 is 1.65 bits per heavy atom. The van der Waals surface area contributed by atoms with Crippen molar-refractivity contribution in [2.24, 2.45) is 5.16 Å². The summed E-state index contributed by atoms with van der Waals surface area (Å²) in [7, 11) is 1.55. The van der Waals surface area contributed by atoms with Crippen LogP contribution >= 0.6 is 0 Å². The van der Waals surface area contributed by atoms with Crippen LogP contribution in [0, 0.1) is 0 Å². The third-order valence-corrected chi connectivity index (χ3v) is 2.69. The summed E-state index contributed by atoms with van der Waals surface area (Å²) in [6, 6.07) is 20.2. The topological polar surface area (TPSA) is 21.6 Å². The van der Waals surface area contributed by atoms with Gasteiger partial charge in [0.1, 0.15) is 12.8 Å². The van der Waals surface area contributed by atoms with Gasteiger partial charge in [-0.2, -0.15) is 0 Å². The van der Waals surface area contributed by atoms with Gasteiger partial charge < -0.3 is 4.84 Å². The summed E-state index contributed by atoms with van der Waals surface area (Å²) in [5, 5.41) is 4.00. The summed E-state index contributed by atoms with van der Waals surface area (Å²) < 4.78 is 0. The molecule has 0 aliphatic carbocycles. The first kappa shape index (κ1) is 13.8. The highest BCUT2D eigenvalue weighted by atomic mass is 16.6. The van der Waals surface area contributed by atoms with Crippen molar-refractivity contribution < 1.29 is 4.84 Å². The van der Waals surface area contributed by atoms with Gasteiger partial charge in [-0.15, -0.1) is 0 Å². The van der Waals surface area contributed by atoms with Crippen molar-refractivity contribution in [3.63, 3.8) is 0 Å². The van der Waals surface area contributed by atoms with Gasteiger partial charge in [0, 0.05) is 0 Å². The smallest absolute Gasteiger partial charge is 0.106 e. The van der Waals surface area contributed by atoms with E-state index >= 15 is 0 Å². The van der Waals surface area contributed by atoms with E-state index in [1.54, 1.807) is 7.11 Å². The molecule has 0 atom stereocenters. The number of oxime groups is 1. The number of rotatable bonds is 5. The van der Waals surface area contributed by atoms with Crippen LogP contribution in [0.5, 0.6) is 0 Å². The molecule has 2 aromatic carbocycles. The van der Waals surface area contributed by atoms with Gasteiger partial charge in [-0.05, 0) is 23.3 Å². The molecule has 2 aromatic rings. The molecule has 2 nitrogen and oxygen atoms in total. The summed E-state index contributed by atoms with van der Waals surface area (Å²) in [6.07, 6.45) is 7.87. The van der Waals surface area contributed by atoms with Crippen LogP contribution in [0.2, 0.25) is 0 Å². The molecule has 0 unspecified atom stereocenters. The third kappa shape index (κ3) is 4.58. The third-order valence-electron chi connectivity index (χ3n) is 2.69. The lowest BCUT2D eigenvalue weighted by Gasteiger charge is -1.95. The highest BCUT2D eigenvalue weighted by Crippen LogP contribution is 2.04. The molecular weight excluding hydrogens is 246 g/mol. The van der Waals surface area contributed by atoms with Crippen LogP contribution in [-0.4, -0.2) is 12.8 Å². The van der Waals surface area contributed by atoms with Crippen molar-refractivity contribution in [3.05, 3.63) is 83.9 Å². The van der Waals surface area contributed by atoms with Crippen molar-refractivity contribution >= 4 is 17.9 Å². The lowest BCUT2D eigenvalue weighted by Crippen LogP contribution is -1.88. The number of hydrogen-bond acceptors (Lipinski definition) is 2. The van der Waals surface area contributed by atoms with Crippen LogP contribution in [0.3, 0.4) is 0 Å². The Kier molecular flexibility index (Phi) is 5.35. The minimum absolute atomic E-state index is 0.764. The van der Waals surface area contributed by atoms with E-state index in [-0.39, 0.29) is 0 Å². The predicted molar refractivity (Wildman–Crippen MR) is 85.4 cm³/mol. The Labute approximate surface area is 119 Å². The second-order valence-corrected chi connectivity index (χ2v) is 4.19. The molecule has 0 saturated carbocycles. The summed E-state index contributed by atoms with van der Waals surface area (Å²) in [5.74, 6) is 0. The predicted octanol–water partition coefficient (Wildman–Crippen LogP) is 4.42. The molecule has 0 amide bonds. The van der Waals surface area contributed by atoms with Crippen molar-refractivity contribution in [1.29, 1.82) is 0 Å². The first-order valence-electron chi connectivity index (χ1n) is 6.46. The fourth-order valence-corrected chi connectivity index (χ4v) is 1.71. The first-order valence-corrected chi connectivity index (χ1v) is 6.46. The molecular formula is C18H17NO. The van der Waals surface area contributed by atoms with Gasteiger partial charge in [-0.1, -0.05) is 78.0 Å². The second-order valence-electron chi connectivity index (χ2n) is 4.19. The molecule has 0 heterocycles. The Hall–Kier alpha value is -2.61. The Balaban J connectivity index is 2.10. The van der Waals surface area contributed by atoms with Crippen molar-refractivity contribution in [2.75, 3.05) is 7.11 Å². The Bertz CT molecular complexity index is 546. The average molecular weight is 263 g/mol. The number of benzene rings is 2. The molecule has 2 heteroatoms. The summed E-state index contributed by atoms with van der Waals surface area (Å²) >= 11 is 0. The van der Waals surface area contributed by atoms with Crippen molar-refractivity contribution in [2.45, 2.75) is 0 Å². The summed E-state index contributed by atoms with van der Waals surface area (Å²) in [5.41, 5.74) is 3.02. The maximum atomic E-state index is 4.87. The minimum atomic E-state index is 0.764. The van der Waals surface area contributed by atoms with Crippen molar-refractivity contribution in [3.8, 4) is 0 Å². The van der Waals surface area contributed by atoms with Crippen LogP contribution in [0.25, 0.3) is 12.2 Å². The van der Waals surface area contributed by atoms with Gasteiger partial charge in [-0.25, -0.2) is 0 Å². The molecule has 0 fully saturated rings. The minimum Gasteiger partial charge on any atom is -0.399 e. The molecule has 0 aliphatic heterocycles. The molecule has 0 bridgehead atoms. The van der Waals surface area contributed by atoms with Crippen molar-refractivity contribution in [1.82, 2.24) is 0 Å². The van der Waals surface area contributed by atoms with Crippen LogP contribution in [0.15, 0.2) is 78.0 Å². The second kappa shape index (κ2) is 7.74. The van der Waals surface area contributed by atoms with Gasteiger partial charge >= 0.3 is 0 Å². The quantitative estimate of drug-likeness (QED) is 0.578. The fourth-order valence-electron chi connectivity index (χ4n) is 1.71. The number of nitrogens with zero attached hydrogens (tertiary/aromatic N) is 1. The molecule has 20 heavy (non-hydrogen) atoms. The number of allylic oxidation sites excluding steroid dienone is 2. The van der Waals surface area contributed by atoms with E-state index in [1.807, 2.05) is 85.0 Å².